The first-order valence-electron chi connectivity index (χ1n) is 32.1. The van der Waals surface area contributed by atoms with Crippen LogP contribution in [-0.4, -0.2) is 47.4 Å². The molecule has 0 aromatic heterocycles. The maximum Gasteiger partial charge on any atom is 0.305 e. The summed E-state index contributed by atoms with van der Waals surface area (Å²) in [5.41, 5.74) is 0. The molecule has 0 fully saturated rings. The molecule has 0 radical (unpaired) electrons. The van der Waals surface area contributed by atoms with Gasteiger partial charge in [-0.05, 0) is 57.8 Å². The van der Waals surface area contributed by atoms with Gasteiger partial charge in [-0.15, -0.1) is 0 Å². The SMILES string of the molecule is CCCCCCCCCC/C=C/C(O)C(CO)NC(=O)CCCCCCCCCCCCCCCCCCC/C=C\CCCCCCCCCCCCCCOC(=O)CCCCCCCCCCCCC. The third-order valence-corrected chi connectivity index (χ3v) is 15.0. The van der Waals surface area contributed by atoms with E-state index >= 15 is 0 Å². The van der Waals surface area contributed by atoms with Crippen molar-refractivity contribution in [3.63, 3.8) is 0 Å². The average Bonchev–Trinajstić information content (AvgIpc) is 3.37. The van der Waals surface area contributed by atoms with Crippen LogP contribution in [0.3, 0.4) is 0 Å². The summed E-state index contributed by atoms with van der Waals surface area (Å²) in [6.45, 7) is 4.90. The Kier molecular flexibility index (Phi) is 59.5. The second-order valence-corrected chi connectivity index (χ2v) is 22.1. The van der Waals surface area contributed by atoms with E-state index in [1.54, 1.807) is 6.08 Å². The van der Waals surface area contributed by atoms with E-state index in [1.807, 2.05) is 6.08 Å². The van der Waals surface area contributed by atoms with Gasteiger partial charge in [-0.3, -0.25) is 9.59 Å². The Morgan fingerprint density at radius 1 is 0.380 bits per heavy atom. The Morgan fingerprint density at radius 3 is 1.00 bits per heavy atom. The van der Waals surface area contributed by atoms with Crippen LogP contribution in [0.4, 0.5) is 0 Å². The van der Waals surface area contributed by atoms with Gasteiger partial charge in [0.25, 0.3) is 0 Å². The summed E-state index contributed by atoms with van der Waals surface area (Å²) < 4.78 is 5.47. The first kappa shape index (κ1) is 69.3. The van der Waals surface area contributed by atoms with Gasteiger partial charge in [0.2, 0.25) is 5.91 Å². The monoisotopic (exact) mass is 1000 g/mol. The highest BCUT2D eigenvalue weighted by atomic mass is 16.5. The Labute approximate surface area is 443 Å². The summed E-state index contributed by atoms with van der Waals surface area (Å²) in [5.74, 6) is -0.0474. The molecule has 420 valence electrons. The van der Waals surface area contributed by atoms with Crippen LogP contribution >= 0.6 is 0 Å². The van der Waals surface area contributed by atoms with Crippen LogP contribution in [-0.2, 0) is 14.3 Å². The Balaban J connectivity index is 3.33. The van der Waals surface area contributed by atoms with Crippen LogP contribution in [0.5, 0.6) is 0 Å². The predicted molar refractivity (Wildman–Crippen MR) is 310 cm³/mol. The van der Waals surface area contributed by atoms with Gasteiger partial charge in [-0.2, -0.15) is 0 Å². The molecule has 0 aromatic rings. The van der Waals surface area contributed by atoms with Gasteiger partial charge in [-0.1, -0.05) is 308 Å². The highest BCUT2D eigenvalue weighted by Gasteiger charge is 2.18. The standard InChI is InChI=1S/C65H125NO5/c1-3-5-7-9-11-13-38-43-47-51-55-59-65(70)71-60-56-52-48-44-40-37-35-33-31-29-27-25-23-21-19-17-15-16-18-20-22-24-26-28-30-32-34-36-39-42-46-50-54-58-64(69)66-62(61-67)63(68)57-53-49-45-41-14-12-10-8-6-4-2/h19,21,53,57,62-63,67-68H,3-18,20,22-52,54-56,58-61H2,1-2H3,(H,66,69)/b21-19-,57-53+. The largest absolute Gasteiger partial charge is 0.466 e. The molecule has 0 rings (SSSR count). The average molecular weight is 1000 g/mol. The van der Waals surface area contributed by atoms with Crippen molar-refractivity contribution in [1.82, 2.24) is 5.32 Å². The number of unbranched alkanes of at least 4 members (excludes halogenated alkanes) is 47. The predicted octanol–water partition coefficient (Wildman–Crippen LogP) is 20.2. The van der Waals surface area contributed by atoms with Crippen LogP contribution < -0.4 is 5.32 Å². The summed E-state index contributed by atoms with van der Waals surface area (Å²) >= 11 is 0. The van der Waals surface area contributed by atoms with Crippen LogP contribution in [0.15, 0.2) is 24.3 Å². The fourth-order valence-electron chi connectivity index (χ4n) is 10.0. The number of nitrogens with one attached hydrogen (secondary N) is 1. The van der Waals surface area contributed by atoms with Gasteiger partial charge in [0.15, 0.2) is 0 Å². The minimum atomic E-state index is -0.840. The van der Waals surface area contributed by atoms with E-state index in [0.717, 1.165) is 38.5 Å². The molecule has 0 aliphatic rings. The molecule has 0 aromatic carbocycles. The first-order valence-corrected chi connectivity index (χ1v) is 32.1. The fraction of sp³-hybridized carbons (Fsp3) is 0.908. The first-order chi connectivity index (χ1) is 35.0. The highest BCUT2D eigenvalue weighted by Crippen LogP contribution is 2.18. The molecule has 1 amide bonds. The zero-order valence-electron chi connectivity index (χ0n) is 48.0. The third-order valence-electron chi connectivity index (χ3n) is 15.0. The van der Waals surface area contributed by atoms with Crippen LogP contribution in [0.25, 0.3) is 0 Å². The van der Waals surface area contributed by atoms with Gasteiger partial charge in [-0.25, -0.2) is 0 Å². The number of hydrogen-bond acceptors (Lipinski definition) is 5. The number of carbonyl (C=O) groups excluding carboxylic acids is 2. The fourth-order valence-corrected chi connectivity index (χ4v) is 10.0. The van der Waals surface area contributed by atoms with Crippen molar-refractivity contribution in [2.24, 2.45) is 0 Å². The van der Waals surface area contributed by atoms with Gasteiger partial charge >= 0.3 is 5.97 Å². The molecule has 6 nitrogen and oxygen atoms in total. The van der Waals surface area contributed by atoms with Crippen molar-refractivity contribution in [1.29, 1.82) is 0 Å². The van der Waals surface area contributed by atoms with Crippen molar-refractivity contribution < 1.29 is 24.5 Å². The Hall–Kier alpha value is -1.66. The normalized spacial score (nSPS) is 12.7. The number of aliphatic hydroxyl groups is 2. The van der Waals surface area contributed by atoms with Crippen molar-refractivity contribution in [3.05, 3.63) is 24.3 Å². The quantitative estimate of drug-likeness (QED) is 0.0320. The summed E-state index contributed by atoms with van der Waals surface area (Å²) in [7, 11) is 0. The van der Waals surface area contributed by atoms with Crippen LogP contribution in [0.1, 0.15) is 354 Å². The molecule has 0 aliphatic carbocycles. The van der Waals surface area contributed by atoms with E-state index in [2.05, 4.69) is 31.3 Å². The topological polar surface area (TPSA) is 95.9 Å². The zero-order chi connectivity index (χ0) is 51.4. The minimum absolute atomic E-state index is 0.0183. The summed E-state index contributed by atoms with van der Waals surface area (Å²) in [6, 6.07) is -0.623. The minimum Gasteiger partial charge on any atom is -0.466 e. The number of rotatable bonds is 60. The van der Waals surface area contributed by atoms with Gasteiger partial charge in [0.05, 0.1) is 25.4 Å². The van der Waals surface area contributed by atoms with E-state index in [0.29, 0.717) is 19.4 Å². The number of allylic oxidation sites excluding steroid dienone is 3. The number of esters is 1. The van der Waals surface area contributed by atoms with Crippen molar-refractivity contribution in [2.75, 3.05) is 13.2 Å². The van der Waals surface area contributed by atoms with E-state index in [9.17, 15) is 19.8 Å². The molecule has 0 saturated carbocycles. The second-order valence-electron chi connectivity index (χ2n) is 22.1. The zero-order valence-corrected chi connectivity index (χ0v) is 48.0. The van der Waals surface area contributed by atoms with Crippen molar-refractivity contribution >= 4 is 11.9 Å². The van der Waals surface area contributed by atoms with Crippen molar-refractivity contribution in [3.8, 4) is 0 Å². The van der Waals surface area contributed by atoms with Gasteiger partial charge < -0.3 is 20.3 Å². The second kappa shape index (κ2) is 60.9. The summed E-state index contributed by atoms with van der Waals surface area (Å²) in [5, 5.41) is 23.0. The van der Waals surface area contributed by atoms with E-state index in [-0.39, 0.29) is 18.5 Å². The van der Waals surface area contributed by atoms with Gasteiger partial charge in [0.1, 0.15) is 0 Å². The molecule has 0 bridgehead atoms. The molecule has 0 spiro atoms. The van der Waals surface area contributed by atoms with E-state index < -0.39 is 12.1 Å². The van der Waals surface area contributed by atoms with E-state index in [4.69, 9.17) is 4.74 Å². The molecule has 2 atom stereocenters. The summed E-state index contributed by atoms with van der Waals surface area (Å²) in [4.78, 5) is 24.4. The molecule has 3 N–H and O–H groups in total. The molecular formula is C65H125NO5. The maximum atomic E-state index is 12.4. The molecule has 0 saturated heterocycles. The van der Waals surface area contributed by atoms with Gasteiger partial charge in [0, 0.05) is 12.8 Å². The van der Waals surface area contributed by atoms with E-state index in [1.165, 1.54) is 289 Å². The summed E-state index contributed by atoms with van der Waals surface area (Å²) in [6.07, 6.45) is 75.4. The third kappa shape index (κ3) is 57.5. The molecule has 2 unspecified atom stereocenters. The van der Waals surface area contributed by atoms with Crippen LogP contribution in [0, 0.1) is 0 Å². The smallest absolute Gasteiger partial charge is 0.305 e. The molecule has 6 heteroatoms. The molecule has 71 heavy (non-hydrogen) atoms. The lowest BCUT2D eigenvalue weighted by molar-refractivity contribution is -0.143. The molecule has 0 heterocycles. The number of aliphatic hydroxyl groups excluding tert-OH is 2. The molecular weight excluding hydrogens is 875 g/mol. The maximum absolute atomic E-state index is 12.4. The Morgan fingerprint density at radius 2 is 0.662 bits per heavy atom. The number of ether oxygens (including phenoxy) is 1. The van der Waals surface area contributed by atoms with Crippen LogP contribution in [0.2, 0.25) is 0 Å². The Bertz CT molecular complexity index is 1110. The number of hydrogen-bond donors (Lipinski definition) is 3. The lowest BCUT2D eigenvalue weighted by atomic mass is 10.0. The number of carbonyl (C=O) groups is 2. The van der Waals surface area contributed by atoms with Crippen molar-refractivity contribution in [2.45, 2.75) is 366 Å². The lowest BCUT2D eigenvalue weighted by Gasteiger charge is -2.20. The highest BCUT2D eigenvalue weighted by molar-refractivity contribution is 5.76. The molecule has 0 aliphatic heterocycles. The number of amides is 1. The lowest BCUT2D eigenvalue weighted by Crippen LogP contribution is -2.45.